The van der Waals surface area contributed by atoms with E-state index in [1.54, 1.807) is 6.07 Å². The Morgan fingerprint density at radius 3 is 2.88 bits per heavy atom. The standard InChI is InChI=1S/C14H14O2/c1-3-4-5-11-9-12-6-7-14(15)16-13(12)8-10(11)2/h3-4,6-9H,5H2,1-2H3/b4-3+. The zero-order valence-electron chi connectivity index (χ0n) is 9.49. The van der Waals surface area contributed by atoms with Crippen molar-refractivity contribution in [1.82, 2.24) is 0 Å². The molecule has 16 heavy (non-hydrogen) atoms. The normalized spacial score (nSPS) is 11.4. The van der Waals surface area contributed by atoms with Crippen LogP contribution >= 0.6 is 0 Å². The second-order valence-corrected chi connectivity index (χ2v) is 3.84. The first kappa shape index (κ1) is 10.7. The van der Waals surface area contributed by atoms with Gasteiger partial charge in [-0.05, 0) is 49.6 Å². The topological polar surface area (TPSA) is 30.2 Å². The maximum atomic E-state index is 11.1. The summed E-state index contributed by atoms with van der Waals surface area (Å²) in [5.41, 5.74) is 2.78. The van der Waals surface area contributed by atoms with E-state index in [0.29, 0.717) is 5.58 Å². The molecule has 1 aromatic heterocycles. The Bertz CT molecular complexity index is 591. The van der Waals surface area contributed by atoms with Crippen molar-refractivity contribution in [3.05, 3.63) is 58.0 Å². The van der Waals surface area contributed by atoms with E-state index in [1.807, 2.05) is 26.0 Å². The molecule has 0 aliphatic heterocycles. The monoisotopic (exact) mass is 214 g/mol. The molecule has 0 bridgehead atoms. The largest absolute Gasteiger partial charge is 0.423 e. The van der Waals surface area contributed by atoms with Crippen molar-refractivity contribution in [2.45, 2.75) is 20.3 Å². The number of rotatable bonds is 2. The van der Waals surface area contributed by atoms with E-state index in [0.717, 1.165) is 17.4 Å². The van der Waals surface area contributed by atoms with Crippen LogP contribution in [-0.2, 0) is 6.42 Å². The number of hydrogen-bond acceptors (Lipinski definition) is 2. The number of fused-ring (bicyclic) bond motifs is 1. The van der Waals surface area contributed by atoms with E-state index in [9.17, 15) is 4.79 Å². The number of benzene rings is 1. The van der Waals surface area contributed by atoms with Crippen molar-refractivity contribution in [1.29, 1.82) is 0 Å². The molecule has 0 unspecified atom stereocenters. The molecule has 0 aliphatic rings. The highest BCUT2D eigenvalue weighted by molar-refractivity contribution is 5.78. The van der Waals surface area contributed by atoms with Crippen LogP contribution in [0.4, 0.5) is 0 Å². The van der Waals surface area contributed by atoms with Crippen molar-refractivity contribution >= 4 is 11.0 Å². The van der Waals surface area contributed by atoms with Gasteiger partial charge in [-0.15, -0.1) is 0 Å². The Morgan fingerprint density at radius 1 is 1.31 bits per heavy atom. The molecule has 0 aliphatic carbocycles. The Hall–Kier alpha value is -1.83. The van der Waals surface area contributed by atoms with Crippen LogP contribution in [0.25, 0.3) is 11.0 Å². The second-order valence-electron chi connectivity index (χ2n) is 3.84. The van der Waals surface area contributed by atoms with Gasteiger partial charge in [0.05, 0.1) is 0 Å². The van der Waals surface area contributed by atoms with Crippen molar-refractivity contribution in [3.63, 3.8) is 0 Å². The average molecular weight is 214 g/mol. The molecule has 0 fully saturated rings. The predicted octanol–water partition coefficient (Wildman–Crippen LogP) is 3.22. The van der Waals surface area contributed by atoms with Gasteiger partial charge < -0.3 is 4.42 Å². The molecule has 0 atom stereocenters. The van der Waals surface area contributed by atoms with E-state index >= 15 is 0 Å². The van der Waals surface area contributed by atoms with Gasteiger partial charge in [-0.1, -0.05) is 12.2 Å². The third-order valence-corrected chi connectivity index (χ3v) is 2.65. The lowest BCUT2D eigenvalue weighted by Gasteiger charge is -2.04. The Labute approximate surface area is 94.2 Å². The summed E-state index contributed by atoms with van der Waals surface area (Å²) >= 11 is 0. The first-order valence-electron chi connectivity index (χ1n) is 5.35. The predicted molar refractivity (Wildman–Crippen MR) is 65.7 cm³/mol. The molecule has 82 valence electrons. The lowest BCUT2D eigenvalue weighted by molar-refractivity contribution is 0.560. The minimum absolute atomic E-state index is 0.298. The third kappa shape index (κ3) is 2.06. The first-order valence-corrected chi connectivity index (χ1v) is 5.35. The average Bonchev–Trinajstić information content (AvgIpc) is 2.26. The minimum atomic E-state index is -0.298. The summed E-state index contributed by atoms with van der Waals surface area (Å²) in [4.78, 5) is 11.1. The quantitative estimate of drug-likeness (QED) is 0.567. The molecule has 0 radical (unpaired) electrons. The molecule has 1 aromatic carbocycles. The summed E-state index contributed by atoms with van der Waals surface area (Å²) in [6.07, 6.45) is 5.07. The van der Waals surface area contributed by atoms with Crippen LogP contribution in [0.2, 0.25) is 0 Å². The van der Waals surface area contributed by atoms with Gasteiger partial charge in [-0.2, -0.15) is 0 Å². The zero-order valence-corrected chi connectivity index (χ0v) is 9.49. The number of hydrogen-bond donors (Lipinski definition) is 0. The summed E-state index contributed by atoms with van der Waals surface area (Å²) in [5.74, 6) is 0. The fourth-order valence-corrected chi connectivity index (χ4v) is 1.73. The highest BCUT2D eigenvalue weighted by atomic mass is 16.4. The van der Waals surface area contributed by atoms with Gasteiger partial charge in [0.25, 0.3) is 0 Å². The van der Waals surface area contributed by atoms with Gasteiger partial charge in [0, 0.05) is 11.5 Å². The van der Waals surface area contributed by atoms with Crippen molar-refractivity contribution in [2.75, 3.05) is 0 Å². The van der Waals surface area contributed by atoms with Crippen LogP contribution in [0.3, 0.4) is 0 Å². The van der Waals surface area contributed by atoms with E-state index < -0.39 is 0 Å². The van der Waals surface area contributed by atoms with Crippen LogP contribution in [0.15, 0.2) is 45.6 Å². The summed E-state index contributed by atoms with van der Waals surface area (Å²) in [5, 5.41) is 0.977. The van der Waals surface area contributed by atoms with Gasteiger partial charge in [0.2, 0.25) is 0 Å². The molecular formula is C14H14O2. The maximum absolute atomic E-state index is 11.1. The zero-order chi connectivity index (χ0) is 11.5. The summed E-state index contributed by atoms with van der Waals surface area (Å²) in [6.45, 7) is 4.04. The fourth-order valence-electron chi connectivity index (χ4n) is 1.73. The lowest BCUT2D eigenvalue weighted by Crippen LogP contribution is -1.96. The van der Waals surface area contributed by atoms with E-state index in [2.05, 4.69) is 12.1 Å². The van der Waals surface area contributed by atoms with Crippen LogP contribution in [-0.4, -0.2) is 0 Å². The summed E-state index contributed by atoms with van der Waals surface area (Å²) in [7, 11) is 0. The van der Waals surface area contributed by atoms with Gasteiger partial charge in [-0.25, -0.2) is 4.79 Å². The number of allylic oxidation sites excluding steroid dienone is 2. The van der Waals surface area contributed by atoms with Crippen LogP contribution < -0.4 is 5.63 Å². The van der Waals surface area contributed by atoms with Crippen LogP contribution in [0.5, 0.6) is 0 Å². The molecule has 2 rings (SSSR count). The van der Waals surface area contributed by atoms with Crippen LogP contribution in [0.1, 0.15) is 18.1 Å². The molecular weight excluding hydrogens is 200 g/mol. The molecule has 2 heteroatoms. The van der Waals surface area contributed by atoms with Crippen molar-refractivity contribution in [3.8, 4) is 0 Å². The molecule has 0 saturated heterocycles. The molecule has 0 spiro atoms. The maximum Gasteiger partial charge on any atom is 0.336 e. The van der Waals surface area contributed by atoms with Gasteiger partial charge in [0.1, 0.15) is 5.58 Å². The van der Waals surface area contributed by atoms with Gasteiger partial charge in [0.15, 0.2) is 0 Å². The van der Waals surface area contributed by atoms with Gasteiger partial charge in [-0.3, -0.25) is 0 Å². The fraction of sp³-hybridized carbons (Fsp3) is 0.214. The molecule has 0 saturated carbocycles. The SMILES string of the molecule is C/C=C/Cc1cc2ccc(=O)oc2cc1C. The lowest BCUT2D eigenvalue weighted by atomic mass is 10.0. The van der Waals surface area contributed by atoms with Crippen molar-refractivity contribution < 1.29 is 4.42 Å². The highest BCUT2D eigenvalue weighted by Gasteiger charge is 2.02. The van der Waals surface area contributed by atoms with Gasteiger partial charge >= 0.3 is 5.63 Å². The molecule has 1 heterocycles. The molecule has 2 nitrogen and oxygen atoms in total. The van der Waals surface area contributed by atoms with Crippen molar-refractivity contribution in [2.24, 2.45) is 0 Å². The molecule has 2 aromatic rings. The highest BCUT2D eigenvalue weighted by Crippen LogP contribution is 2.19. The minimum Gasteiger partial charge on any atom is -0.423 e. The first-order chi connectivity index (χ1) is 7.70. The molecule has 0 N–H and O–H groups in total. The molecule has 0 amide bonds. The van der Waals surface area contributed by atoms with E-state index in [1.165, 1.54) is 11.6 Å². The summed E-state index contributed by atoms with van der Waals surface area (Å²) in [6, 6.07) is 7.26. The van der Waals surface area contributed by atoms with Crippen LogP contribution in [0, 0.1) is 6.92 Å². The smallest absolute Gasteiger partial charge is 0.336 e. The van der Waals surface area contributed by atoms with E-state index in [4.69, 9.17) is 4.42 Å². The van der Waals surface area contributed by atoms with E-state index in [-0.39, 0.29) is 5.63 Å². The Morgan fingerprint density at radius 2 is 2.12 bits per heavy atom. The Balaban J connectivity index is 2.58. The number of aryl methyl sites for hydroxylation is 1. The summed E-state index contributed by atoms with van der Waals surface area (Å²) < 4.78 is 5.13. The third-order valence-electron chi connectivity index (χ3n) is 2.65. The Kier molecular flexibility index (Phi) is 2.91. The second kappa shape index (κ2) is 4.35.